The fraction of sp³-hybridized carbons (Fsp3) is 0.294. The molecular weight excluding hydrogens is 252 g/mol. The molecule has 1 fully saturated rings. The summed E-state index contributed by atoms with van der Waals surface area (Å²) >= 11 is 0. The van der Waals surface area contributed by atoms with Crippen LogP contribution in [-0.4, -0.2) is 19.8 Å². The highest BCUT2D eigenvalue weighted by Crippen LogP contribution is 2.31. The third-order valence-corrected chi connectivity index (χ3v) is 3.41. The highest BCUT2D eigenvalue weighted by Gasteiger charge is 2.34. The minimum Gasteiger partial charge on any atom is -0.497 e. The van der Waals surface area contributed by atoms with Crippen molar-refractivity contribution < 1.29 is 14.2 Å². The van der Waals surface area contributed by atoms with Crippen molar-refractivity contribution >= 4 is 0 Å². The van der Waals surface area contributed by atoms with E-state index in [2.05, 4.69) is 12.1 Å². The first-order valence-corrected chi connectivity index (χ1v) is 6.78. The van der Waals surface area contributed by atoms with Gasteiger partial charge in [-0.3, -0.25) is 0 Å². The van der Waals surface area contributed by atoms with Crippen molar-refractivity contribution in [2.75, 3.05) is 13.7 Å². The predicted octanol–water partition coefficient (Wildman–Crippen LogP) is 3.35. The van der Waals surface area contributed by atoms with Gasteiger partial charge in [0.1, 0.15) is 18.0 Å². The molecule has 1 aliphatic rings. The fourth-order valence-electron chi connectivity index (χ4n) is 2.20. The van der Waals surface area contributed by atoms with Gasteiger partial charge in [0.15, 0.2) is 0 Å². The van der Waals surface area contributed by atoms with Crippen LogP contribution in [0.3, 0.4) is 0 Å². The van der Waals surface area contributed by atoms with Crippen LogP contribution in [0.2, 0.25) is 0 Å². The highest BCUT2D eigenvalue weighted by molar-refractivity contribution is 5.27. The van der Waals surface area contributed by atoms with Gasteiger partial charge < -0.3 is 14.2 Å². The number of benzene rings is 2. The number of ether oxygens (including phenoxy) is 3. The molecule has 0 N–H and O–H groups in total. The SMILES string of the molecule is COc1ccc(CO[C@@H](c2ccccc2)[C@H]2CO2)cc1. The predicted molar refractivity (Wildman–Crippen MR) is 76.7 cm³/mol. The van der Waals surface area contributed by atoms with Gasteiger partial charge >= 0.3 is 0 Å². The molecule has 3 heteroatoms. The van der Waals surface area contributed by atoms with Crippen LogP contribution in [0.1, 0.15) is 17.2 Å². The Morgan fingerprint density at radius 3 is 2.40 bits per heavy atom. The number of methoxy groups -OCH3 is 1. The highest BCUT2D eigenvalue weighted by atomic mass is 16.6. The van der Waals surface area contributed by atoms with Crippen LogP contribution in [0.25, 0.3) is 0 Å². The Labute approximate surface area is 119 Å². The van der Waals surface area contributed by atoms with E-state index in [4.69, 9.17) is 14.2 Å². The van der Waals surface area contributed by atoms with E-state index in [1.165, 1.54) is 5.56 Å². The van der Waals surface area contributed by atoms with Gasteiger partial charge in [-0.2, -0.15) is 0 Å². The van der Waals surface area contributed by atoms with Gasteiger partial charge in [0.25, 0.3) is 0 Å². The van der Waals surface area contributed by atoms with E-state index in [-0.39, 0.29) is 12.2 Å². The van der Waals surface area contributed by atoms with E-state index in [0.717, 1.165) is 17.9 Å². The van der Waals surface area contributed by atoms with E-state index in [1.807, 2.05) is 42.5 Å². The van der Waals surface area contributed by atoms with Gasteiger partial charge in [-0.25, -0.2) is 0 Å². The molecule has 0 spiro atoms. The molecular formula is C17H18O3. The van der Waals surface area contributed by atoms with Crippen LogP contribution in [0.5, 0.6) is 5.75 Å². The molecule has 1 aliphatic heterocycles. The Bertz CT molecular complexity index is 532. The number of epoxide rings is 1. The second-order valence-corrected chi connectivity index (χ2v) is 4.86. The van der Waals surface area contributed by atoms with Crippen molar-refractivity contribution in [3.05, 3.63) is 65.7 Å². The molecule has 2 aromatic rings. The van der Waals surface area contributed by atoms with Crippen LogP contribution >= 0.6 is 0 Å². The molecule has 104 valence electrons. The first kappa shape index (κ1) is 13.2. The van der Waals surface area contributed by atoms with Gasteiger partial charge in [-0.1, -0.05) is 42.5 Å². The molecule has 0 radical (unpaired) electrons. The third kappa shape index (κ3) is 3.18. The smallest absolute Gasteiger partial charge is 0.118 e. The second kappa shape index (κ2) is 6.07. The molecule has 0 bridgehead atoms. The molecule has 20 heavy (non-hydrogen) atoms. The first-order chi connectivity index (χ1) is 9.86. The zero-order chi connectivity index (χ0) is 13.8. The van der Waals surface area contributed by atoms with Gasteiger partial charge in [0, 0.05) is 0 Å². The number of hydrogen-bond acceptors (Lipinski definition) is 3. The zero-order valence-corrected chi connectivity index (χ0v) is 11.5. The van der Waals surface area contributed by atoms with Crippen molar-refractivity contribution in [2.45, 2.75) is 18.8 Å². The molecule has 1 heterocycles. The molecule has 2 atom stereocenters. The van der Waals surface area contributed by atoms with Crippen molar-refractivity contribution in [3.8, 4) is 5.75 Å². The molecule has 0 unspecified atom stereocenters. The lowest BCUT2D eigenvalue weighted by atomic mass is 10.1. The fourth-order valence-corrected chi connectivity index (χ4v) is 2.20. The Kier molecular flexibility index (Phi) is 4.00. The summed E-state index contributed by atoms with van der Waals surface area (Å²) in [6.45, 7) is 1.35. The molecule has 0 amide bonds. The second-order valence-electron chi connectivity index (χ2n) is 4.86. The van der Waals surface area contributed by atoms with Gasteiger partial charge in [-0.15, -0.1) is 0 Å². The quantitative estimate of drug-likeness (QED) is 0.754. The minimum atomic E-state index is 0.0123. The van der Waals surface area contributed by atoms with Crippen molar-refractivity contribution in [1.29, 1.82) is 0 Å². The van der Waals surface area contributed by atoms with Gasteiger partial charge in [0.05, 0.1) is 20.3 Å². The summed E-state index contributed by atoms with van der Waals surface area (Å²) < 4.78 is 16.6. The van der Waals surface area contributed by atoms with Gasteiger partial charge in [-0.05, 0) is 23.3 Å². The summed E-state index contributed by atoms with van der Waals surface area (Å²) in [5.41, 5.74) is 2.30. The zero-order valence-electron chi connectivity index (χ0n) is 11.5. The average Bonchev–Trinajstić information content (AvgIpc) is 3.34. The lowest BCUT2D eigenvalue weighted by Gasteiger charge is -2.16. The summed E-state index contributed by atoms with van der Waals surface area (Å²) in [6.07, 6.45) is 0.203. The van der Waals surface area contributed by atoms with Crippen LogP contribution < -0.4 is 4.74 Å². The molecule has 1 saturated heterocycles. The standard InChI is InChI=1S/C17H18O3/c1-18-15-9-7-13(8-10-15)11-20-17(16-12-19-16)14-5-3-2-4-6-14/h2-10,16-17H,11-12H2,1H3/t16-,17+/m1/s1. The molecule has 0 aromatic heterocycles. The lowest BCUT2D eigenvalue weighted by Crippen LogP contribution is -2.11. The van der Waals surface area contributed by atoms with E-state index in [1.54, 1.807) is 7.11 Å². The Balaban J connectivity index is 1.65. The van der Waals surface area contributed by atoms with Crippen molar-refractivity contribution in [2.24, 2.45) is 0 Å². The Hall–Kier alpha value is -1.84. The van der Waals surface area contributed by atoms with Crippen LogP contribution in [0.15, 0.2) is 54.6 Å². The summed E-state index contributed by atoms with van der Waals surface area (Å²) in [5, 5.41) is 0. The first-order valence-electron chi connectivity index (χ1n) is 6.78. The van der Waals surface area contributed by atoms with E-state index in [9.17, 15) is 0 Å². The average molecular weight is 270 g/mol. The maximum absolute atomic E-state index is 6.05. The van der Waals surface area contributed by atoms with E-state index < -0.39 is 0 Å². The van der Waals surface area contributed by atoms with Crippen LogP contribution in [-0.2, 0) is 16.1 Å². The maximum Gasteiger partial charge on any atom is 0.118 e. The molecule has 2 aromatic carbocycles. The topological polar surface area (TPSA) is 31.0 Å². The van der Waals surface area contributed by atoms with E-state index >= 15 is 0 Å². The lowest BCUT2D eigenvalue weighted by molar-refractivity contribution is 0.0203. The van der Waals surface area contributed by atoms with Crippen molar-refractivity contribution in [3.63, 3.8) is 0 Å². The molecule has 3 rings (SSSR count). The van der Waals surface area contributed by atoms with Crippen molar-refractivity contribution in [1.82, 2.24) is 0 Å². The molecule has 3 nitrogen and oxygen atoms in total. The Morgan fingerprint density at radius 2 is 1.80 bits per heavy atom. The Morgan fingerprint density at radius 1 is 1.10 bits per heavy atom. The summed E-state index contributed by atoms with van der Waals surface area (Å²) in [5.74, 6) is 0.860. The molecule has 0 saturated carbocycles. The minimum absolute atomic E-state index is 0.0123. The third-order valence-electron chi connectivity index (χ3n) is 3.41. The largest absolute Gasteiger partial charge is 0.497 e. The summed E-state index contributed by atoms with van der Waals surface area (Å²) in [4.78, 5) is 0. The molecule has 0 aliphatic carbocycles. The number of rotatable bonds is 6. The van der Waals surface area contributed by atoms with Crippen LogP contribution in [0.4, 0.5) is 0 Å². The van der Waals surface area contributed by atoms with Crippen LogP contribution in [0, 0.1) is 0 Å². The summed E-state index contributed by atoms with van der Waals surface area (Å²) in [6, 6.07) is 18.2. The maximum atomic E-state index is 6.05. The van der Waals surface area contributed by atoms with Gasteiger partial charge in [0.2, 0.25) is 0 Å². The van der Waals surface area contributed by atoms with E-state index in [0.29, 0.717) is 6.61 Å². The normalized spacial score (nSPS) is 18.6. The monoisotopic (exact) mass is 270 g/mol. The summed E-state index contributed by atoms with van der Waals surface area (Å²) in [7, 11) is 1.67. The number of hydrogen-bond donors (Lipinski definition) is 0.